The van der Waals surface area contributed by atoms with E-state index in [9.17, 15) is 5.11 Å². The molecule has 21 heavy (non-hydrogen) atoms. The van der Waals surface area contributed by atoms with Gasteiger partial charge in [0, 0.05) is 23.0 Å². The number of aliphatic hydroxyl groups is 1. The minimum Gasteiger partial charge on any atom is -0.368 e. The van der Waals surface area contributed by atoms with Crippen molar-refractivity contribution in [3.63, 3.8) is 0 Å². The van der Waals surface area contributed by atoms with Crippen LogP contribution in [0.2, 0.25) is 0 Å². The van der Waals surface area contributed by atoms with Gasteiger partial charge in [0.15, 0.2) is 6.29 Å². The zero-order chi connectivity index (χ0) is 15.0. The summed E-state index contributed by atoms with van der Waals surface area (Å²) < 4.78 is 7.40. The van der Waals surface area contributed by atoms with Gasteiger partial charge in [-0.2, -0.15) is 0 Å². The van der Waals surface area contributed by atoms with Crippen LogP contribution >= 0.6 is 0 Å². The fraction of sp³-hybridized carbons (Fsp3) is 0.471. The first kappa shape index (κ1) is 14.3. The molecule has 2 aromatic rings. The second-order valence-electron chi connectivity index (χ2n) is 5.96. The highest BCUT2D eigenvalue weighted by Gasteiger charge is 2.26. The average molecular weight is 286 g/mol. The van der Waals surface area contributed by atoms with Gasteiger partial charge in [0.05, 0.1) is 6.61 Å². The number of hydrogen-bond acceptors (Lipinski definition) is 3. The lowest BCUT2D eigenvalue weighted by Gasteiger charge is -2.15. The highest BCUT2D eigenvalue weighted by molar-refractivity contribution is 5.35. The molecule has 1 aliphatic heterocycles. The first-order valence-electron chi connectivity index (χ1n) is 7.47. The van der Waals surface area contributed by atoms with E-state index in [0.29, 0.717) is 6.61 Å². The summed E-state index contributed by atoms with van der Waals surface area (Å²) in [6.45, 7) is 6.90. The number of aliphatic hydroxyl groups excluding tert-OH is 1. The molecule has 1 aliphatic rings. The Morgan fingerprint density at radius 1 is 1.24 bits per heavy atom. The average Bonchev–Trinajstić information content (AvgIpc) is 2.96. The maximum absolute atomic E-state index is 9.81. The van der Waals surface area contributed by atoms with Crippen LogP contribution in [0.4, 0.5) is 0 Å². The molecule has 0 saturated carbocycles. The van der Waals surface area contributed by atoms with Crippen molar-refractivity contribution in [1.82, 2.24) is 9.55 Å². The zero-order valence-corrected chi connectivity index (χ0v) is 12.8. The molecule has 2 aromatic heterocycles. The first-order chi connectivity index (χ1) is 10.0. The third-order valence-corrected chi connectivity index (χ3v) is 4.16. The number of pyridine rings is 1. The van der Waals surface area contributed by atoms with Crippen molar-refractivity contribution < 1.29 is 9.84 Å². The summed E-state index contributed by atoms with van der Waals surface area (Å²) in [7, 11) is 0. The fourth-order valence-electron chi connectivity index (χ4n) is 3.06. The van der Waals surface area contributed by atoms with E-state index >= 15 is 0 Å². The third-order valence-electron chi connectivity index (χ3n) is 4.16. The van der Waals surface area contributed by atoms with Crippen LogP contribution in [0.25, 0.3) is 5.82 Å². The summed E-state index contributed by atoms with van der Waals surface area (Å²) in [5.41, 5.74) is 4.57. The van der Waals surface area contributed by atoms with Crippen LogP contribution in [0.1, 0.15) is 29.1 Å². The number of hydrogen-bond donors (Lipinski definition) is 1. The second kappa shape index (κ2) is 5.62. The molecule has 0 radical (unpaired) electrons. The lowest BCUT2D eigenvalue weighted by atomic mass is 10.00. The van der Waals surface area contributed by atoms with Crippen LogP contribution in [0.5, 0.6) is 0 Å². The summed E-state index contributed by atoms with van der Waals surface area (Å²) in [6.07, 6.45) is 1.01. The molecule has 3 heterocycles. The zero-order valence-electron chi connectivity index (χ0n) is 12.8. The first-order valence-corrected chi connectivity index (χ1v) is 7.47. The van der Waals surface area contributed by atoms with Gasteiger partial charge >= 0.3 is 0 Å². The molecule has 0 spiro atoms. The van der Waals surface area contributed by atoms with Gasteiger partial charge in [-0.1, -0.05) is 0 Å². The summed E-state index contributed by atoms with van der Waals surface area (Å²) in [6, 6.07) is 8.41. The molecule has 4 nitrogen and oxygen atoms in total. The van der Waals surface area contributed by atoms with E-state index in [1.807, 2.05) is 0 Å². The molecule has 0 aromatic carbocycles. The number of aryl methyl sites for hydroxylation is 3. The summed E-state index contributed by atoms with van der Waals surface area (Å²) in [5.74, 6) is 1.11. The van der Waals surface area contributed by atoms with Gasteiger partial charge in [-0.25, -0.2) is 4.98 Å². The van der Waals surface area contributed by atoms with Gasteiger partial charge in [-0.05, 0) is 63.4 Å². The van der Waals surface area contributed by atoms with Crippen molar-refractivity contribution in [1.29, 1.82) is 0 Å². The second-order valence-corrected chi connectivity index (χ2v) is 5.96. The normalized spacial score (nSPS) is 21.9. The Bertz CT molecular complexity index is 629. The van der Waals surface area contributed by atoms with Crippen molar-refractivity contribution in [3.05, 3.63) is 46.9 Å². The van der Waals surface area contributed by atoms with Gasteiger partial charge in [-0.3, -0.25) is 0 Å². The monoisotopic (exact) mass is 286 g/mol. The Morgan fingerprint density at radius 2 is 1.95 bits per heavy atom. The van der Waals surface area contributed by atoms with Crippen molar-refractivity contribution in [2.45, 2.75) is 39.9 Å². The van der Waals surface area contributed by atoms with Crippen molar-refractivity contribution in [2.75, 3.05) is 6.61 Å². The highest BCUT2D eigenvalue weighted by atomic mass is 16.6. The smallest absolute Gasteiger partial charge is 0.157 e. The SMILES string of the molecule is Cc1cc(C[C@H]2CCOC2O)nc(-n2c(C)ccc2C)c1. The number of rotatable bonds is 3. The van der Waals surface area contributed by atoms with E-state index in [1.165, 1.54) is 17.0 Å². The molecular formula is C17H22N2O2. The van der Waals surface area contributed by atoms with Crippen LogP contribution in [-0.2, 0) is 11.2 Å². The molecule has 0 bridgehead atoms. The molecule has 4 heteroatoms. The van der Waals surface area contributed by atoms with Crippen LogP contribution in [0.15, 0.2) is 24.3 Å². The van der Waals surface area contributed by atoms with Crippen molar-refractivity contribution in [3.8, 4) is 5.82 Å². The fourth-order valence-corrected chi connectivity index (χ4v) is 3.06. The van der Waals surface area contributed by atoms with Gasteiger partial charge in [-0.15, -0.1) is 0 Å². The van der Waals surface area contributed by atoms with Gasteiger partial charge in [0.2, 0.25) is 0 Å². The van der Waals surface area contributed by atoms with E-state index in [-0.39, 0.29) is 5.92 Å². The molecule has 112 valence electrons. The van der Waals surface area contributed by atoms with Gasteiger partial charge in [0.1, 0.15) is 5.82 Å². The predicted octanol–water partition coefficient (Wildman–Crippen LogP) is 2.69. The predicted molar refractivity (Wildman–Crippen MR) is 81.5 cm³/mol. The van der Waals surface area contributed by atoms with Crippen LogP contribution < -0.4 is 0 Å². The highest BCUT2D eigenvalue weighted by Crippen LogP contribution is 2.24. The minimum absolute atomic E-state index is 0.152. The quantitative estimate of drug-likeness (QED) is 0.943. The van der Waals surface area contributed by atoms with E-state index in [0.717, 1.165) is 24.4 Å². The van der Waals surface area contributed by atoms with Crippen LogP contribution in [0, 0.1) is 26.7 Å². The topological polar surface area (TPSA) is 47.3 Å². The van der Waals surface area contributed by atoms with E-state index in [2.05, 4.69) is 49.6 Å². The molecule has 3 rings (SSSR count). The number of nitrogens with zero attached hydrogens (tertiary/aromatic N) is 2. The van der Waals surface area contributed by atoms with Crippen molar-refractivity contribution in [2.24, 2.45) is 5.92 Å². The number of aromatic nitrogens is 2. The molecule has 1 saturated heterocycles. The van der Waals surface area contributed by atoms with E-state index in [4.69, 9.17) is 9.72 Å². The Labute approximate surface area is 125 Å². The summed E-state index contributed by atoms with van der Waals surface area (Å²) >= 11 is 0. The third kappa shape index (κ3) is 2.87. The molecule has 0 aliphatic carbocycles. The largest absolute Gasteiger partial charge is 0.368 e. The molecule has 2 atom stereocenters. The maximum Gasteiger partial charge on any atom is 0.157 e. The Balaban J connectivity index is 1.93. The van der Waals surface area contributed by atoms with Crippen LogP contribution in [0.3, 0.4) is 0 Å². The number of ether oxygens (including phenoxy) is 1. The van der Waals surface area contributed by atoms with E-state index < -0.39 is 6.29 Å². The lowest BCUT2D eigenvalue weighted by molar-refractivity contribution is -0.0820. The summed E-state index contributed by atoms with van der Waals surface area (Å²) in [4.78, 5) is 4.79. The molecule has 0 amide bonds. The Kier molecular flexibility index (Phi) is 3.83. The summed E-state index contributed by atoms with van der Waals surface area (Å²) in [5, 5.41) is 9.81. The van der Waals surface area contributed by atoms with Gasteiger partial charge in [0.25, 0.3) is 0 Å². The molecule has 1 N–H and O–H groups in total. The van der Waals surface area contributed by atoms with E-state index in [1.54, 1.807) is 0 Å². The molecular weight excluding hydrogens is 264 g/mol. The Hall–Kier alpha value is -1.65. The van der Waals surface area contributed by atoms with Crippen LogP contribution in [-0.4, -0.2) is 27.6 Å². The van der Waals surface area contributed by atoms with Crippen molar-refractivity contribution >= 4 is 0 Å². The van der Waals surface area contributed by atoms with Gasteiger partial charge < -0.3 is 14.4 Å². The molecule has 1 fully saturated rings. The maximum atomic E-state index is 9.81. The standard InChI is InChI=1S/C17H22N2O2/c1-11-8-15(10-14-6-7-21-17(14)20)18-16(9-11)19-12(2)4-5-13(19)3/h4-5,8-9,14,17,20H,6-7,10H2,1-3H3/t14-,17?/m1/s1. The molecule has 1 unspecified atom stereocenters. The lowest BCUT2D eigenvalue weighted by Crippen LogP contribution is -2.18. The Morgan fingerprint density at radius 3 is 2.57 bits per heavy atom. The minimum atomic E-state index is -0.647.